The number of carboxylic acids is 1. The lowest BCUT2D eigenvalue weighted by Crippen LogP contribution is -2.58. The molecule has 2 aliphatic carbocycles. The number of nitrogens with zero attached hydrogens (tertiary/aromatic N) is 1. The van der Waals surface area contributed by atoms with Crippen molar-refractivity contribution in [2.24, 2.45) is 22.7 Å². The maximum atomic E-state index is 13.3. The van der Waals surface area contributed by atoms with Gasteiger partial charge in [-0.25, -0.2) is 0 Å². The first kappa shape index (κ1) is 23.0. The lowest BCUT2D eigenvalue weighted by molar-refractivity contribution is -0.315. The Bertz CT molecular complexity index is 700. The Kier molecular flexibility index (Phi) is 6.76. The Labute approximate surface area is 172 Å². The number of aliphatic hydroxyl groups is 2. The summed E-state index contributed by atoms with van der Waals surface area (Å²) in [4.78, 5) is 14.9. The van der Waals surface area contributed by atoms with E-state index in [0.29, 0.717) is 25.8 Å². The smallest absolute Gasteiger partial charge is 0.313 e. The van der Waals surface area contributed by atoms with E-state index < -0.39 is 42.4 Å². The first-order chi connectivity index (χ1) is 14.0. The minimum Gasteiger partial charge on any atom is -0.481 e. The molecule has 6 atom stereocenters. The molecule has 1 heterocycles. The summed E-state index contributed by atoms with van der Waals surface area (Å²) in [5.41, 5.74) is 0. The molecule has 170 valence electrons. The fourth-order valence-electron chi connectivity index (χ4n) is 4.66. The van der Waals surface area contributed by atoms with Gasteiger partial charge in [-0.05, 0) is 31.6 Å². The first-order valence-electron chi connectivity index (χ1n) is 10.3. The average Bonchev–Trinajstić information content (AvgIpc) is 3.16. The number of carbonyl (C=O) groups is 1. The van der Waals surface area contributed by atoms with Crippen molar-refractivity contribution in [3.63, 3.8) is 0 Å². The minimum absolute atomic E-state index is 0.0286. The molecule has 3 fully saturated rings. The predicted molar refractivity (Wildman–Crippen MR) is 101 cm³/mol. The van der Waals surface area contributed by atoms with Gasteiger partial charge < -0.3 is 20.6 Å². The van der Waals surface area contributed by atoms with Gasteiger partial charge >= 0.3 is 17.8 Å². The van der Waals surface area contributed by atoms with Gasteiger partial charge in [0, 0.05) is 43.7 Å². The van der Waals surface area contributed by atoms with Crippen LogP contribution < -0.4 is 5.32 Å². The summed E-state index contributed by atoms with van der Waals surface area (Å²) in [5, 5.41) is 32.3. The molecule has 3 aliphatic rings. The van der Waals surface area contributed by atoms with Crippen LogP contribution in [0.4, 0.5) is 17.6 Å². The van der Waals surface area contributed by atoms with Gasteiger partial charge in [-0.15, -0.1) is 0 Å². The van der Waals surface area contributed by atoms with E-state index in [1.807, 2.05) is 0 Å². The minimum atomic E-state index is -4.01. The highest BCUT2D eigenvalue weighted by Gasteiger charge is 2.70. The van der Waals surface area contributed by atoms with E-state index >= 15 is 0 Å². The zero-order valence-corrected chi connectivity index (χ0v) is 16.5. The molecular formula is C20H28F4N2O4. The number of hydrogen-bond acceptors (Lipinski definition) is 4. The lowest BCUT2D eigenvalue weighted by Gasteiger charge is -2.44. The maximum absolute atomic E-state index is 13.3. The van der Waals surface area contributed by atoms with Gasteiger partial charge in [-0.3, -0.25) is 9.79 Å². The summed E-state index contributed by atoms with van der Waals surface area (Å²) in [7, 11) is 0. The van der Waals surface area contributed by atoms with Crippen LogP contribution in [0.3, 0.4) is 0 Å². The topological polar surface area (TPSA) is 102 Å². The van der Waals surface area contributed by atoms with Gasteiger partial charge in [0.15, 0.2) is 0 Å². The van der Waals surface area contributed by atoms with Crippen LogP contribution in [0, 0.1) is 17.8 Å². The van der Waals surface area contributed by atoms with Gasteiger partial charge in [-0.1, -0.05) is 12.2 Å². The fraction of sp³-hybridized carbons (Fsp3) is 0.800. The third-order valence-corrected chi connectivity index (χ3v) is 6.45. The summed E-state index contributed by atoms with van der Waals surface area (Å²) >= 11 is 0. The summed E-state index contributed by atoms with van der Waals surface area (Å²) in [6.45, 7) is 0.403. The average molecular weight is 436 g/mol. The number of alkyl halides is 4. The van der Waals surface area contributed by atoms with Crippen LogP contribution >= 0.6 is 0 Å². The van der Waals surface area contributed by atoms with Gasteiger partial charge in [0.1, 0.15) is 0 Å². The fourth-order valence-corrected chi connectivity index (χ4v) is 4.66. The number of amidine groups is 1. The van der Waals surface area contributed by atoms with Crippen molar-refractivity contribution in [1.29, 1.82) is 0 Å². The molecule has 0 radical (unpaired) electrons. The number of fused-ring (bicyclic) bond motifs is 1. The Morgan fingerprint density at radius 1 is 1.33 bits per heavy atom. The van der Waals surface area contributed by atoms with Crippen LogP contribution in [0.25, 0.3) is 0 Å². The van der Waals surface area contributed by atoms with Crippen molar-refractivity contribution in [3.8, 4) is 0 Å². The lowest BCUT2D eigenvalue weighted by atomic mass is 9.74. The van der Waals surface area contributed by atoms with E-state index in [4.69, 9.17) is 5.11 Å². The Hall–Kier alpha value is -1.68. The molecule has 0 bridgehead atoms. The van der Waals surface area contributed by atoms with E-state index in [0.717, 1.165) is 5.84 Å². The number of aliphatic imine (C=N–C) groups is 1. The molecule has 30 heavy (non-hydrogen) atoms. The largest absolute Gasteiger partial charge is 0.481 e. The van der Waals surface area contributed by atoms with Crippen molar-refractivity contribution in [2.45, 2.75) is 75.0 Å². The second kappa shape index (κ2) is 8.82. The highest BCUT2D eigenvalue weighted by atomic mass is 19.3. The quantitative estimate of drug-likeness (QED) is 0.253. The molecule has 0 amide bonds. The highest BCUT2D eigenvalue weighted by Crippen LogP contribution is 2.56. The van der Waals surface area contributed by atoms with Crippen molar-refractivity contribution < 1.29 is 37.7 Å². The second-order valence-corrected chi connectivity index (χ2v) is 8.58. The van der Waals surface area contributed by atoms with Crippen molar-refractivity contribution in [2.75, 3.05) is 6.54 Å². The summed E-state index contributed by atoms with van der Waals surface area (Å²) < 4.78 is 52.4. The normalized spacial score (nSPS) is 36.5. The number of nitrogens with one attached hydrogen (secondary N) is 1. The number of carboxylic acid groups (broad SMARTS) is 1. The Morgan fingerprint density at radius 3 is 2.70 bits per heavy atom. The molecule has 0 spiro atoms. The van der Waals surface area contributed by atoms with E-state index in [9.17, 15) is 32.6 Å². The van der Waals surface area contributed by atoms with E-state index in [1.54, 1.807) is 6.08 Å². The van der Waals surface area contributed by atoms with Crippen LogP contribution in [-0.2, 0) is 4.79 Å². The second-order valence-electron chi connectivity index (χ2n) is 8.58. The van der Waals surface area contributed by atoms with Gasteiger partial charge in [0.25, 0.3) is 0 Å². The first-order valence-corrected chi connectivity index (χ1v) is 10.3. The van der Waals surface area contributed by atoms with Gasteiger partial charge in [0.05, 0.1) is 18.0 Å². The number of halogens is 4. The molecule has 0 aromatic rings. The molecule has 4 N–H and O–H groups in total. The molecular weight excluding hydrogens is 408 g/mol. The molecule has 6 unspecified atom stereocenters. The van der Waals surface area contributed by atoms with Crippen molar-refractivity contribution in [3.05, 3.63) is 12.2 Å². The number of hydrogen-bond donors (Lipinski definition) is 4. The van der Waals surface area contributed by atoms with Crippen LogP contribution in [0.15, 0.2) is 17.1 Å². The van der Waals surface area contributed by atoms with Crippen LogP contribution in [0.2, 0.25) is 0 Å². The molecule has 1 saturated heterocycles. The standard InChI is InChI=1S/C20H28F4N2O4/c21-19(22)10-11(20(19,23)24)3-4-12(27)5-6-13-14-8-17(25-7-1-2-18(29)30)26-15(14)9-16(13)28/h5-6,11-16,27-28H,1-4,7-10H2,(H,25,26)(H,29,30). The number of aliphatic carboxylic acids is 1. The van der Waals surface area contributed by atoms with E-state index in [2.05, 4.69) is 10.3 Å². The molecule has 6 nitrogen and oxygen atoms in total. The Morgan fingerprint density at radius 2 is 2.07 bits per heavy atom. The van der Waals surface area contributed by atoms with Crippen LogP contribution in [0.1, 0.15) is 44.9 Å². The molecule has 2 saturated carbocycles. The Balaban J connectivity index is 1.47. The molecule has 3 rings (SSSR count). The molecule has 0 aromatic heterocycles. The van der Waals surface area contributed by atoms with Crippen LogP contribution in [-0.4, -0.2) is 63.8 Å². The molecule has 0 aromatic carbocycles. The summed E-state index contributed by atoms with van der Waals surface area (Å²) in [5.74, 6) is -9.65. The summed E-state index contributed by atoms with van der Waals surface area (Å²) in [6, 6.07) is 0.0286. The zero-order chi connectivity index (χ0) is 22.1. The number of rotatable bonds is 9. The zero-order valence-electron chi connectivity index (χ0n) is 16.5. The van der Waals surface area contributed by atoms with E-state index in [-0.39, 0.29) is 37.1 Å². The van der Waals surface area contributed by atoms with E-state index in [1.165, 1.54) is 6.08 Å². The highest BCUT2D eigenvalue weighted by molar-refractivity contribution is 5.85. The third kappa shape index (κ3) is 4.80. The summed E-state index contributed by atoms with van der Waals surface area (Å²) in [6.07, 6.45) is 1.99. The molecule has 1 aliphatic heterocycles. The SMILES string of the molecule is O=C(O)CCCN=C1CC2C(CC(O)C2C=CC(O)CCC2CC(F)(F)C2(F)F)N1. The van der Waals surface area contributed by atoms with Gasteiger partial charge in [-0.2, -0.15) is 17.6 Å². The van der Waals surface area contributed by atoms with Crippen molar-refractivity contribution in [1.82, 2.24) is 5.32 Å². The maximum Gasteiger partial charge on any atom is 0.313 e. The van der Waals surface area contributed by atoms with Crippen molar-refractivity contribution >= 4 is 11.8 Å². The van der Waals surface area contributed by atoms with Gasteiger partial charge in [0.2, 0.25) is 0 Å². The number of aliphatic hydroxyl groups excluding tert-OH is 2. The third-order valence-electron chi connectivity index (χ3n) is 6.45. The monoisotopic (exact) mass is 436 g/mol. The predicted octanol–water partition coefficient (Wildman–Crippen LogP) is 2.60. The van der Waals surface area contributed by atoms with Crippen LogP contribution in [0.5, 0.6) is 0 Å². The molecule has 10 heteroatoms.